The molecule has 21 heavy (non-hydrogen) atoms. The Balaban J connectivity index is 1.97. The molecule has 0 radical (unpaired) electrons. The molecule has 0 bridgehead atoms. The highest BCUT2D eigenvalue weighted by molar-refractivity contribution is 5.86. The number of likely N-dealkylation sites (tertiary alicyclic amines) is 1. The highest BCUT2D eigenvalue weighted by Gasteiger charge is 2.20. The van der Waals surface area contributed by atoms with Crippen molar-refractivity contribution < 1.29 is 9.59 Å². The van der Waals surface area contributed by atoms with Gasteiger partial charge >= 0.3 is 0 Å². The maximum absolute atomic E-state index is 12.2. The van der Waals surface area contributed by atoms with E-state index in [1.54, 1.807) is 6.21 Å². The number of hydrogen-bond acceptors (Lipinski definition) is 3. The number of piperidine rings is 1. The lowest BCUT2D eigenvalue weighted by atomic mass is 10.1. The molecule has 0 atom stereocenters. The third-order valence-electron chi connectivity index (χ3n) is 3.50. The van der Waals surface area contributed by atoms with Gasteiger partial charge in [0.05, 0.1) is 6.21 Å². The molecule has 1 saturated heterocycles. The van der Waals surface area contributed by atoms with Gasteiger partial charge in [-0.1, -0.05) is 30.3 Å². The van der Waals surface area contributed by atoms with E-state index in [0.717, 1.165) is 31.5 Å². The molecule has 5 heteroatoms. The third-order valence-corrected chi connectivity index (χ3v) is 3.50. The molecule has 1 heterocycles. The van der Waals surface area contributed by atoms with Crippen molar-refractivity contribution in [1.29, 1.82) is 0 Å². The molecule has 112 valence electrons. The van der Waals surface area contributed by atoms with Gasteiger partial charge in [0.15, 0.2) is 0 Å². The molecular weight excluding hydrogens is 266 g/mol. The second-order valence-corrected chi connectivity index (χ2v) is 5.17. The first-order valence-corrected chi connectivity index (χ1v) is 7.32. The minimum Gasteiger partial charge on any atom is -0.341 e. The zero-order valence-corrected chi connectivity index (χ0v) is 12.4. The minimum atomic E-state index is -0.229. The smallest absolute Gasteiger partial charge is 0.244 e. The summed E-state index contributed by atoms with van der Waals surface area (Å²) in [6.07, 6.45) is 4.86. The first-order chi connectivity index (χ1) is 10.2. The molecule has 1 aliphatic heterocycles. The van der Waals surface area contributed by atoms with Crippen molar-refractivity contribution in [3.8, 4) is 0 Å². The summed E-state index contributed by atoms with van der Waals surface area (Å²) in [5.74, 6) is -0.261. The normalized spacial score (nSPS) is 15.2. The van der Waals surface area contributed by atoms with E-state index in [1.807, 2.05) is 35.2 Å². The third kappa shape index (κ3) is 4.70. The van der Waals surface area contributed by atoms with Crippen molar-refractivity contribution in [2.45, 2.75) is 26.2 Å². The van der Waals surface area contributed by atoms with Crippen LogP contribution in [-0.2, 0) is 9.59 Å². The molecule has 0 unspecified atom stereocenters. The number of rotatable bonds is 4. The number of carbonyl (C=O) groups excluding carboxylic acids is 2. The average Bonchev–Trinajstić information content (AvgIpc) is 2.52. The van der Waals surface area contributed by atoms with Gasteiger partial charge in [0, 0.05) is 20.0 Å². The number of amides is 2. The van der Waals surface area contributed by atoms with E-state index in [4.69, 9.17) is 0 Å². The fourth-order valence-electron chi connectivity index (χ4n) is 2.28. The Morgan fingerprint density at radius 3 is 2.48 bits per heavy atom. The molecule has 1 aliphatic rings. The zero-order valence-electron chi connectivity index (χ0n) is 12.4. The van der Waals surface area contributed by atoms with Crippen LogP contribution in [0.1, 0.15) is 31.7 Å². The summed E-state index contributed by atoms with van der Waals surface area (Å²) in [5.41, 5.74) is 0.897. The molecule has 5 nitrogen and oxygen atoms in total. The van der Waals surface area contributed by atoms with Gasteiger partial charge in [0.25, 0.3) is 0 Å². The van der Waals surface area contributed by atoms with Gasteiger partial charge in [-0.2, -0.15) is 5.10 Å². The van der Waals surface area contributed by atoms with Crippen molar-refractivity contribution >= 4 is 18.0 Å². The monoisotopic (exact) mass is 287 g/mol. The van der Waals surface area contributed by atoms with Crippen LogP contribution < -0.4 is 0 Å². The largest absolute Gasteiger partial charge is 0.341 e. The SMILES string of the molecule is CC(=O)N(CC(=O)N1CCCCC1)/N=C/c1ccccc1. The van der Waals surface area contributed by atoms with Crippen molar-refractivity contribution in [2.75, 3.05) is 19.6 Å². The van der Waals surface area contributed by atoms with E-state index < -0.39 is 0 Å². The zero-order chi connectivity index (χ0) is 15.1. The van der Waals surface area contributed by atoms with Crippen molar-refractivity contribution in [3.63, 3.8) is 0 Å². The van der Waals surface area contributed by atoms with Crippen LogP contribution in [-0.4, -0.2) is 47.6 Å². The summed E-state index contributed by atoms with van der Waals surface area (Å²) >= 11 is 0. The van der Waals surface area contributed by atoms with Crippen LogP contribution >= 0.6 is 0 Å². The van der Waals surface area contributed by atoms with Crippen LogP contribution in [0.25, 0.3) is 0 Å². The maximum Gasteiger partial charge on any atom is 0.244 e. The van der Waals surface area contributed by atoms with E-state index in [1.165, 1.54) is 18.4 Å². The number of carbonyl (C=O) groups is 2. The first-order valence-electron chi connectivity index (χ1n) is 7.32. The lowest BCUT2D eigenvalue weighted by molar-refractivity contribution is -0.139. The van der Waals surface area contributed by atoms with Gasteiger partial charge < -0.3 is 4.90 Å². The van der Waals surface area contributed by atoms with Crippen LogP contribution in [0, 0.1) is 0 Å². The van der Waals surface area contributed by atoms with Gasteiger partial charge in [-0.05, 0) is 24.8 Å². The lowest BCUT2D eigenvalue weighted by Crippen LogP contribution is -2.42. The molecule has 1 aromatic carbocycles. The van der Waals surface area contributed by atoms with E-state index in [-0.39, 0.29) is 18.4 Å². The van der Waals surface area contributed by atoms with E-state index in [9.17, 15) is 9.59 Å². The van der Waals surface area contributed by atoms with Crippen LogP contribution in [0.2, 0.25) is 0 Å². The predicted molar refractivity (Wildman–Crippen MR) is 81.9 cm³/mol. The fraction of sp³-hybridized carbons (Fsp3) is 0.438. The van der Waals surface area contributed by atoms with Crippen molar-refractivity contribution in [1.82, 2.24) is 9.91 Å². The molecule has 0 aliphatic carbocycles. The number of hydrogen-bond donors (Lipinski definition) is 0. The summed E-state index contributed by atoms with van der Waals surface area (Å²) < 4.78 is 0. The minimum absolute atomic E-state index is 0.0126. The second-order valence-electron chi connectivity index (χ2n) is 5.17. The Bertz CT molecular complexity index is 508. The average molecular weight is 287 g/mol. The van der Waals surface area contributed by atoms with E-state index >= 15 is 0 Å². The number of benzene rings is 1. The van der Waals surface area contributed by atoms with Gasteiger partial charge in [-0.15, -0.1) is 0 Å². The van der Waals surface area contributed by atoms with E-state index in [2.05, 4.69) is 5.10 Å². The summed E-state index contributed by atoms with van der Waals surface area (Å²) in [4.78, 5) is 25.6. The molecule has 2 amide bonds. The van der Waals surface area contributed by atoms with Crippen molar-refractivity contribution in [3.05, 3.63) is 35.9 Å². The van der Waals surface area contributed by atoms with Gasteiger partial charge in [0.2, 0.25) is 11.8 Å². The number of nitrogens with zero attached hydrogens (tertiary/aromatic N) is 3. The molecule has 0 saturated carbocycles. The van der Waals surface area contributed by atoms with Gasteiger partial charge in [0.1, 0.15) is 6.54 Å². The lowest BCUT2D eigenvalue weighted by Gasteiger charge is -2.28. The standard InChI is InChI=1S/C16H21N3O2/c1-14(20)19(17-12-15-8-4-2-5-9-15)13-16(21)18-10-6-3-7-11-18/h2,4-5,8-9,12H,3,6-7,10-11,13H2,1H3/b17-12+. The van der Waals surface area contributed by atoms with Crippen molar-refractivity contribution in [2.24, 2.45) is 5.10 Å². The Labute approximate surface area is 125 Å². The highest BCUT2D eigenvalue weighted by Crippen LogP contribution is 2.09. The topological polar surface area (TPSA) is 53.0 Å². The quantitative estimate of drug-likeness (QED) is 0.627. The molecule has 0 aromatic heterocycles. The predicted octanol–water partition coefficient (Wildman–Crippen LogP) is 1.88. The van der Waals surface area contributed by atoms with Crippen LogP contribution in [0.15, 0.2) is 35.4 Å². The Kier molecular flexibility index (Phi) is 5.49. The maximum atomic E-state index is 12.2. The Morgan fingerprint density at radius 2 is 1.86 bits per heavy atom. The number of hydrazone groups is 1. The molecule has 0 N–H and O–H groups in total. The molecule has 0 spiro atoms. The molecule has 1 fully saturated rings. The summed E-state index contributed by atoms with van der Waals surface area (Å²) in [5, 5.41) is 5.37. The molecular formula is C16H21N3O2. The molecule has 2 rings (SSSR count). The van der Waals surface area contributed by atoms with E-state index in [0.29, 0.717) is 0 Å². The molecule has 1 aromatic rings. The fourth-order valence-corrected chi connectivity index (χ4v) is 2.28. The summed E-state index contributed by atoms with van der Waals surface area (Å²) in [6, 6.07) is 9.51. The van der Waals surface area contributed by atoms with Gasteiger partial charge in [-0.25, -0.2) is 5.01 Å². The Morgan fingerprint density at radius 1 is 1.19 bits per heavy atom. The summed E-state index contributed by atoms with van der Waals surface area (Å²) in [6.45, 7) is 3.00. The van der Waals surface area contributed by atoms with Gasteiger partial charge in [-0.3, -0.25) is 9.59 Å². The highest BCUT2D eigenvalue weighted by atomic mass is 16.2. The van der Waals surface area contributed by atoms with Crippen LogP contribution in [0.3, 0.4) is 0 Å². The van der Waals surface area contributed by atoms with Crippen LogP contribution in [0.5, 0.6) is 0 Å². The Hall–Kier alpha value is -2.17. The van der Waals surface area contributed by atoms with Crippen LogP contribution in [0.4, 0.5) is 0 Å². The summed E-state index contributed by atoms with van der Waals surface area (Å²) in [7, 11) is 0. The second kappa shape index (κ2) is 7.57. The first kappa shape index (κ1) is 15.2.